The summed E-state index contributed by atoms with van der Waals surface area (Å²) in [7, 11) is -3.49. The third-order valence-electron chi connectivity index (χ3n) is 2.43. The molecular weight excluding hydrogens is 268 g/mol. The Morgan fingerprint density at radius 3 is 2.72 bits per heavy atom. The summed E-state index contributed by atoms with van der Waals surface area (Å²) in [4.78, 5) is 0.260. The number of hydrogen-bond donors (Lipinski definition) is 2. The molecule has 0 aliphatic rings. The van der Waals surface area contributed by atoms with Crippen LogP contribution in [-0.4, -0.2) is 26.0 Å². The van der Waals surface area contributed by atoms with E-state index in [0.29, 0.717) is 11.3 Å². The van der Waals surface area contributed by atoms with Gasteiger partial charge in [-0.1, -0.05) is 13.0 Å². The van der Waals surface area contributed by atoms with E-state index in [2.05, 4.69) is 4.72 Å². The molecule has 102 valence electrons. The van der Waals surface area contributed by atoms with Crippen molar-refractivity contribution < 1.29 is 8.42 Å². The zero-order chi connectivity index (χ0) is 13.8. The van der Waals surface area contributed by atoms with Crippen molar-refractivity contribution >= 4 is 27.5 Å². The first-order chi connectivity index (χ1) is 8.36. The van der Waals surface area contributed by atoms with Crippen LogP contribution in [0, 0.1) is 6.92 Å². The van der Waals surface area contributed by atoms with Gasteiger partial charge >= 0.3 is 0 Å². The molecule has 1 aromatic carbocycles. The predicted octanol–water partition coefficient (Wildman–Crippen LogP) is 2.00. The lowest BCUT2D eigenvalue weighted by Crippen LogP contribution is -2.34. The third-order valence-corrected chi connectivity index (χ3v) is 5.31. The maximum Gasteiger partial charge on any atom is 0.241 e. The van der Waals surface area contributed by atoms with Gasteiger partial charge in [0.05, 0.1) is 4.90 Å². The molecule has 0 aliphatic heterocycles. The van der Waals surface area contributed by atoms with Crippen LogP contribution in [0.1, 0.15) is 19.4 Å². The van der Waals surface area contributed by atoms with E-state index in [-0.39, 0.29) is 10.9 Å². The zero-order valence-corrected chi connectivity index (χ0v) is 12.6. The average molecular weight is 288 g/mol. The number of aryl methyl sites for hydroxylation is 1. The van der Waals surface area contributed by atoms with Gasteiger partial charge < -0.3 is 5.73 Å². The Morgan fingerprint density at radius 2 is 2.11 bits per heavy atom. The van der Waals surface area contributed by atoms with E-state index in [0.717, 1.165) is 11.5 Å². The Morgan fingerprint density at radius 1 is 1.44 bits per heavy atom. The SMILES string of the molecule is CCSCC(C)NS(=O)(=O)c1cc(N)ccc1C. The lowest BCUT2D eigenvalue weighted by atomic mass is 10.2. The van der Waals surface area contributed by atoms with Crippen molar-refractivity contribution in [1.29, 1.82) is 0 Å². The third kappa shape index (κ3) is 4.19. The van der Waals surface area contributed by atoms with Gasteiger partial charge in [-0.15, -0.1) is 0 Å². The molecule has 6 heteroatoms. The summed E-state index contributed by atoms with van der Waals surface area (Å²) < 4.78 is 27.1. The van der Waals surface area contributed by atoms with E-state index >= 15 is 0 Å². The fraction of sp³-hybridized carbons (Fsp3) is 0.500. The standard InChI is InChI=1S/C12H20N2O2S2/c1-4-17-8-10(3)14-18(15,16)12-7-11(13)6-5-9(12)2/h5-7,10,14H,4,8,13H2,1-3H3. The van der Waals surface area contributed by atoms with E-state index < -0.39 is 10.0 Å². The van der Waals surface area contributed by atoms with E-state index in [9.17, 15) is 8.42 Å². The predicted molar refractivity (Wildman–Crippen MR) is 78.4 cm³/mol. The summed E-state index contributed by atoms with van der Waals surface area (Å²) in [5.41, 5.74) is 6.79. The monoisotopic (exact) mass is 288 g/mol. The highest BCUT2D eigenvalue weighted by molar-refractivity contribution is 7.99. The molecule has 0 fully saturated rings. The van der Waals surface area contributed by atoms with E-state index in [4.69, 9.17) is 5.73 Å². The van der Waals surface area contributed by atoms with E-state index in [1.165, 1.54) is 6.07 Å². The number of hydrogen-bond acceptors (Lipinski definition) is 4. The van der Waals surface area contributed by atoms with Gasteiger partial charge in [0.25, 0.3) is 0 Å². The van der Waals surface area contributed by atoms with Crippen LogP contribution in [0.25, 0.3) is 0 Å². The number of nitrogens with two attached hydrogens (primary N) is 1. The van der Waals surface area contributed by atoms with Gasteiger partial charge in [0.2, 0.25) is 10.0 Å². The molecule has 1 atom stereocenters. The summed E-state index contributed by atoms with van der Waals surface area (Å²) in [5.74, 6) is 1.74. The van der Waals surface area contributed by atoms with Crippen LogP contribution in [0.4, 0.5) is 5.69 Å². The van der Waals surface area contributed by atoms with Crippen LogP contribution in [0.5, 0.6) is 0 Å². The number of sulfonamides is 1. The first-order valence-electron chi connectivity index (χ1n) is 5.83. The molecule has 0 saturated heterocycles. The molecule has 0 bridgehead atoms. The summed E-state index contributed by atoms with van der Waals surface area (Å²) in [6.45, 7) is 5.68. The number of thioether (sulfide) groups is 1. The van der Waals surface area contributed by atoms with Crippen LogP contribution in [0.15, 0.2) is 23.1 Å². The summed E-state index contributed by atoms with van der Waals surface area (Å²) >= 11 is 1.71. The number of benzene rings is 1. The van der Waals surface area contributed by atoms with Crippen LogP contribution in [0.3, 0.4) is 0 Å². The molecule has 0 amide bonds. The summed E-state index contributed by atoms with van der Waals surface area (Å²) in [6.07, 6.45) is 0. The molecule has 0 aliphatic carbocycles. The van der Waals surface area contributed by atoms with Crippen molar-refractivity contribution in [2.24, 2.45) is 0 Å². The number of anilines is 1. The number of nitrogens with one attached hydrogen (secondary N) is 1. The number of rotatable bonds is 6. The van der Waals surface area contributed by atoms with Crippen LogP contribution >= 0.6 is 11.8 Å². The molecular formula is C12H20N2O2S2. The van der Waals surface area contributed by atoms with Gasteiger partial charge in [0.15, 0.2) is 0 Å². The van der Waals surface area contributed by atoms with Crippen LogP contribution < -0.4 is 10.5 Å². The Hall–Kier alpha value is -0.720. The molecule has 4 nitrogen and oxygen atoms in total. The topological polar surface area (TPSA) is 72.2 Å². The highest BCUT2D eigenvalue weighted by Gasteiger charge is 2.19. The molecule has 0 saturated carbocycles. The van der Waals surface area contributed by atoms with Gasteiger partial charge in [0, 0.05) is 17.5 Å². The Kier molecular flexibility index (Phi) is 5.49. The fourth-order valence-corrected chi connectivity index (χ4v) is 3.86. The molecule has 0 spiro atoms. The molecule has 0 heterocycles. The van der Waals surface area contributed by atoms with E-state index in [1.807, 2.05) is 13.8 Å². The second-order valence-electron chi connectivity index (χ2n) is 4.21. The van der Waals surface area contributed by atoms with Crippen molar-refractivity contribution in [2.75, 3.05) is 17.2 Å². The van der Waals surface area contributed by atoms with Crippen molar-refractivity contribution in [3.05, 3.63) is 23.8 Å². The maximum absolute atomic E-state index is 12.2. The molecule has 1 unspecified atom stereocenters. The smallest absolute Gasteiger partial charge is 0.241 e. The largest absolute Gasteiger partial charge is 0.399 e. The second-order valence-corrected chi connectivity index (χ2v) is 7.21. The van der Waals surface area contributed by atoms with Gasteiger partial charge in [-0.05, 0) is 37.3 Å². The van der Waals surface area contributed by atoms with Crippen molar-refractivity contribution in [1.82, 2.24) is 4.72 Å². The highest BCUT2D eigenvalue weighted by Crippen LogP contribution is 2.18. The van der Waals surface area contributed by atoms with Crippen molar-refractivity contribution in [2.45, 2.75) is 31.7 Å². The molecule has 18 heavy (non-hydrogen) atoms. The number of nitrogen functional groups attached to an aromatic ring is 1. The van der Waals surface area contributed by atoms with Gasteiger partial charge in [-0.3, -0.25) is 0 Å². The maximum atomic E-state index is 12.2. The van der Waals surface area contributed by atoms with Crippen molar-refractivity contribution in [3.8, 4) is 0 Å². The molecule has 1 rings (SSSR count). The normalized spacial score (nSPS) is 13.5. The van der Waals surface area contributed by atoms with Gasteiger partial charge in [-0.2, -0.15) is 11.8 Å². The average Bonchev–Trinajstić information content (AvgIpc) is 2.29. The zero-order valence-electron chi connectivity index (χ0n) is 10.9. The van der Waals surface area contributed by atoms with Crippen LogP contribution in [0.2, 0.25) is 0 Å². The first-order valence-corrected chi connectivity index (χ1v) is 8.46. The molecule has 3 N–H and O–H groups in total. The first kappa shape index (κ1) is 15.3. The molecule has 0 radical (unpaired) electrons. The highest BCUT2D eigenvalue weighted by atomic mass is 32.2. The Labute approximate surface area is 113 Å². The lowest BCUT2D eigenvalue weighted by Gasteiger charge is -2.15. The fourth-order valence-electron chi connectivity index (χ4n) is 1.56. The Bertz CT molecular complexity index is 501. The summed E-state index contributed by atoms with van der Waals surface area (Å²) in [5, 5.41) is 0. The lowest BCUT2D eigenvalue weighted by molar-refractivity contribution is 0.570. The minimum Gasteiger partial charge on any atom is -0.399 e. The van der Waals surface area contributed by atoms with Crippen LogP contribution in [-0.2, 0) is 10.0 Å². The summed E-state index contributed by atoms with van der Waals surface area (Å²) in [6, 6.07) is 4.82. The molecule has 1 aromatic rings. The molecule has 0 aromatic heterocycles. The minimum atomic E-state index is -3.49. The Balaban J connectivity index is 2.89. The van der Waals surface area contributed by atoms with Crippen molar-refractivity contribution in [3.63, 3.8) is 0 Å². The quantitative estimate of drug-likeness (QED) is 0.785. The van der Waals surface area contributed by atoms with Gasteiger partial charge in [-0.25, -0.2) is 13.1 Å². The van der Waals surface area contributed by atoms with E-state index in [1.54, 1.807) is 30.8 Å². The minimum absolute atomic E-state index is 0.0965. The van der Waals surface area contributed by atoms with Gasteiger partial charge in [0.1, 0.15) is 0 Å². The second kappa shape index (κ2) is 6.45.